The molecule has 0 unspecified atom stereocenters. The van der Waals surface area contributed by atoms with Gasteiger partial charge < -0.3 is 14.4 Å². The predicted octanol–water partition coefficient (Wildman–Crippen LogP) is 2.89. The van der Waals surface area contributed by atoms with E-state index in [1.807, 2.05) is 0 Å². The smallest absolute Gasteiger partial charge is 0.437 e. The van der Waals surface area contributed by atoms with Crippen LogP contribution in [0.4, 0.5) is 18.9 Å². The van der Waals surface area contributed by atoms with Gasteiger partial charge in [-0.05, 0) is 43.6 Å². The van der Waals surface area contributed by atoms with E-state index in [4.69, 9.17) is 0 Å². The van der Waals surface area contributed by atoms with Crippen LogP contribution in [0.5, 0.6) is 0 Å². The first kappa shape index (κ1) is 22.7. The van der Waals surface area contributed by atoms with Crippen molar-refractivity contribution in [2.24, 2.45) is 5.10 Å². The molecular formula is C17H19BF3N3O4S. The number of nitrogens with zero attached hydrogens (tertiary/aromatic N) is 1. The van der Waals surface area contributed by atoms with Gasteiger partial charge in [0.25, 0.3) is 0 Å². The molecule has 29 heavy (non-hydrogen) atoms. The Hall–Kier alpha value is -2.57. The van der Waals surface area contributed by atoms with Crippen molar-refractivity contribution in [1.29, 1.82) is 0 Å². The highest BCUT2D eigenvalue weighted by molar-refractivity contribution is 7.87. The highest BCUT2D eigenvalue weighted by Gasteiger charge is 2.42. The Morgan fingerprint density at radius 2 is 1.86 bits per heavy atom. The molecule has 0 saturated carbocycles. The van der Waals surface area contributed by atoms with Crippen molar-refractivity contribution >= 4 is 28.8 Å². The van der Waals surface area contributed by atoms with Crippen molar-refractivity contribution < 1.29 is 30.8 Å². The summed E-state index contributed by atoms with van der Waals surface area (Å²) in [6.45, 7) is 3.49. The lowest BCUT2D eigenvalue weighted by Crippen LogP contribution is -2.30. The van der Waals surface area contributed by atoms with E-state index in [0.29, 0.717) is 5.56 Å². The van der Waals surface area contributed by atoms with E-state index in [2.05, 4.69) is 19.9 Å². The zero-order valence-corrected chi connectivity index (χ0v) is 16.4. The summed E-state index contributed by atoms with van der Waals surface area (Å²) in [5.41, 5.74) is 3.72. The fourth-order valence-electron chi connectivity index (χ4n) is 2.12. The van der Waals surface area contributed by atoms with Crippen LogP contribution in [-0.2, 0) is 20.8 Å². The largest absolute Gasteiger partial charge is 0.471 e. The van der Waals surface area contributed by atoms with Gasteiger partial charge in [0.2, 0.25) is 0 Å². The number of benzene rings is 2. The first-order chi connectivity index (χ1) is 13.5. The van der Waals surface area contributed by atoms with E-state index in [9.17, 15) is 26.6 Å². The van der Waals surface area contributed by atoms with Gasteiger partial charge in [0.05, 0.1) is 5.69 Å². The van der Waals surface area contributed by atoms with Crippen molar-refractivity contribution in [2.75, 3.05) is 5.43 Å². The molecule has 0 aliphatic carbocycles. The highest BCUT2D eigenvalue weighted by atomic mass is 32.2. The maximum atomic E-state index is 13.2. The van der Waals surface area contributed by atoms with Crippen molar-refractivity contribution in [3.63, 3.8) is 0 Å². The molecular weight excluding hydrogens is 410 g/mol. The van der Waals surface area contributed by atoms with Crippen molar-refractivity contribution in [3.05, 3.63) is 59.7 Å². The molecule has 0 bridgehead atoms. The minimum atomic E-state index is -5.14. The van der Waals surface area contributed by atoms with Crippen LogP contribution in [0.2, 0.25) is 6.82 Å². The molecule has 0 fully saturated rings. The third-order valence-corrected chi connectivity index (χ3v) is 4.78. The van der Waals surface area contributed by atoms with Gasteiger partial charge in [-0.2, -0.15) is 21.6 Å². The molecule has 0 aliphatic heterocycles. The first-order valence-electron chi connectivity index (χ1n) is 8.40. The Morgan fingerprint density at radius 3 is 2.45 bits per heavy atom. The summed E-state index contributed by atoms with van der Waals surface area (Å²) in [6.07, 6.45) is -5.14. The van der Waals surface area contributed by atoms with Crippen LogP contribution in [-0.4, -0.2) is 32.6 Å². The summed E-state index contributed by atoms with van der Waals surface area (Å²) >= 11 is 0. The van der Waals surface area contributed by atoms with Gasteiger partial charge in [0, 0.05) is 6.54 Å². The summed E-state index contributed by atoms with van der Waals surface area (Å²) in [7, 11) is -5.48. The van der Waals surface area contributed by atoms with Crippen LogP contribution in [0.1, 0.15) is 11.1 Å². The van der Waals surface area contributed by atoms with E-state index >= 15 is 0 Å². The molecule has 0 saturated heterocycles. The highest BCUT2D eigenvalue weighted by Crippen LogP contribution is 2.23. The molecule has 2 aromatic carbocycles. The molecule has 156 valence electrons. The van der Waals surface area contributed by atoms with Crippen LogP contribution in [0, 0.1) is 6.92 Å². The number of hydrazone groups is 1. The van der Waals surface area contributed by atoms with Gasteiger partial charge in [0.15, 0.2) is 0 Å². The number of rotatable bonds is 7. The lowest BCUT2D eigenvalue weighted by atomic mass is 9.88. The molecule has 0 amide bonds. The van der Waals surface area contributed by atoms with Crippen LogP contribution in [0.25, 0.3) is 0 Å². The zero-order chi connectivity index (χ0) is 21.7. The quantitative estimate of drug-likeness (QED) is 0.206. The van der Waals surface area contributed by atoms with Crippen LogP contribution < -0.4 is 10.7 Å². The standard InChI is InChI=1S/C17H19BF3N3O4S/c1-12-6-8-15(9-7-12)29(26,27)28-16(17(19,20)21)24-23-14-5-3-4-13(10-14)11-22-18(2)25/h3-10,22-23,25H,11H2,1-2H3. The summed E-state index contributed by atoms with van der Waals surface area (Å²) in [5, 5.41) is 15.1. The molecule has 3 N–H and O–H groups in total. The normalized spacial score (nSPS) is 12.6. The second-order valence-electron chi connectivity index (χ2n) is 6.13. The molecule has 2 aromatic rings. The molecule has 0 spiro atoms. The van der Waals surface area contributed by atoms with Gasteiger partial charge in [-0.25, -0.2) is 0 Å². The SMILES string of the molecule is CB(O)NCc1cccc(NN=C(OS(=O)(=O)c2ccc(C)cc2)C(F)(F)F)c1. The van der Waals surface area contributed by atoms with Crippen LogP contribution >= 0.6 is 0 Å². The van der Waals surface area contributed by atoms with Gasteiger partial charge in [0.1, 0.15) is 4.90 Å². The lowest BCUT2D eigenvalue weighted by Gasteiger charge is -2.13. The summed E-state index contributed by atoms with van der Waals surface area (Å²) < 4.78 is 68.2. The van der Waals surface area contributed by atoms with Crippen LogP contribution in [0.3, 0.4) is 0 Å². The third-order valence-electron chi connectivity index (χ3n) is 3.56. The van der Waals surface area contributed by atoms with E-state index in [0.717, 1.165) is 17.7 Å². The molecule has 12 heteroatoms. The summed E-state index contributed by atoms with van der Waals surface area (Å²) in [4.78, 5) is -0.425. The summed E-state index contributed by atoms with van der Waals surface area (Å²) in [6, 6.07) is 11.3. The Labute approximate surface area is 166 Å². The van der Waals surface area contributed by atoms with Gasteiger partial charge in [-0.3, -0.25) is 5.43 Å². The number of nitrogens with one attached hydrogen (secondary N) is 2. The van der Waals surface area contributed by atoms with E-state index < -0.39 is 34.1 Å². The van der Waals surface area contributed by atoms with Crippen molar-refractivity contribution in [2.45, 2.75) is 31.4 Å². The predicted molar refractivity (Wildman–Crippen MR) is 104 cm³/mol. The lowest BCUT2D eigenvalue weighted by molar-refractivity contribution is -0.0707. The molecule has 0 aromatic heterocycles. The Morgan fingerprint density at radius 1 is 1.21 bits per heavy atom. The molecule has 0 radical (unpaired) electrons. The fraction of sp³-hybridized carbons (Fsp3) is 0.235. The van der Waals surface area contributed by atoms with Crippen LogP contribution in [0.15, 0.2) is 58.5 Å². The maximum Gasteiger partial charge on any atom is 0.471 e. The first-order valence-corrected chi connectivity index (χ1v) is 9.80. The second kappa shape index (κ2) is 9.29. The molecule has 0 atom stereocenters. The van der Waals surface area contributed by atoms with Gasteiger partial charge in [-0.15, -0.1) is 5.10 Å². The molecule has 7 nitrogen and oxygen atoms in total. The monoisotopic (exact) mass is 429 g/mol. The molecule has 2 rings (SSSR count). The van der Waals surface area contributed by atoms with E-state index in [1.54, 1.807) is 19.1 Å². The number of halogens is 3. The number of aryl methyl sites for hydroxylation is 1. The van der Waals surface area contributed by atoms with Gasteiger partial charge >= 0.3 is 29.2 Å². The van der Waals surface area contributed by atoms with Gasteiger partial charge in [-0.1, -0.05) is 29.8 Å². The van der Waals surface area contributed by atoms with E-state index in [-0.39, 0.29) is 12.2 Å². The number of hydrogen-bond donors (Lipinski definition) is 3. The summed E-state index contributed by atoms with van der Waals surface area (Å²) in [5.74, 6) is -1.95. The van der Waals surface area contributed by atoms with E-state index in [1.165, 1.54) is 31.1 Å². The number of hydrogen-bond acceptors (Lipinski definition) is 7. The average molecular weight is 429 g/mol. The third kappa shape index (κ3) is 7.07. The number of anilines is 1. The fourth-order valence-corrected chi connectivity index (χ4v) is 3.02. The average Bonchev–Trinajstić information content (AvgIpc) is 2.63. The minimum absolute atomic E-state index is 0.174. The Kier molecular flexibility index (Phi) is 7.28. The number of alkyl halides is 3. The molecule has 0 heterocycles. The topological polar surface area (TPSA) is 100 Å². The molecule has 0 aliphatic rings. The van der Waals surface area contributed by atoms with Crippen molar-refractivity contribution in [1.82, 2.24) is 5.23 Å². The Balaban J connectivity index is 2.21. The maximum absolute atomic E-state index is 13.2. The second-order valence-corrected chi connectivity index (χ2v) is 7.68. The van der Waals surface area contributed by atoms with Crippen molar-refractivity contribution in [3.8, 4) is 0 Å². The Bertz CT molecular complexity index is 965. The zero-order valence-electron chi connectivity index (χ0n) is 15.6. The minimum Gasteiger partial charge on any atom is -0.437 e.